The molecule has 1 aromatic heterocycles. The zero-order valence-electron chi connectivity index (χ0n) is 11.2. The summed E-state index contributed by atoms with van der Waals surface area (Å²) in [5, 5.41) is 0. The Morgan fingerprint density at radius 3 is 2.68 bits per heavy atom. The molecule has 0 aliphatic rings. The van der Waals surface area contributed by atoms with Gasteiger partial charge in [0.1, 0.15) is 5.82 Å². The first-order chi connectivity index (χ1) is 9.02. The normalized spacial score (nSPS) is 10.7. The molecule has 4 nitrogen and oxygen atoms in total. The van der Waals surface area contributed by atoms with E-state index in [-0.39, 0.29) is 0 Å². The minimum Gasteiger partial charge on any atom is -0.383 e. The summed E-state index contributed by atoms with van der Waals surface area (Å²) >= 11 is 3.39. The molecular weight excluding hydrogens is 306 g/mol. The first-order valence-electron chi connectivity index (χ1n) is 5.91. The number of nitrogen functional groups attached to an aromatic ring is 1. The van der Waals surface area contributed by atoms with Gasteiger partial charge in [0, 0.05) is 12.7 Å². The van der Waals surface area contributed by atoms with Gasteiger partial charge in [0.15, 0.2) is 5.82 Å². The van der Waals surface area contributed by atoms with Crippen LogP contribution in [0.5, 0.6) is 0 Å². The van der Waals surface area contributed by atoms with Gasteiger partial charge in [-0.2, -0.15) is 0 Å². The zero-order chi connectivity index (χ0) is 14.0. The Morgan fingerprint density at radius 2 is 2.00 bits per heavy atom. The van der Waals surface area contributed by atoms with Crippen molar-refractivity contribution in [2.24, 2.45) is 0 Å². The zero-order valence-corrected chi connectivity index (χ0v) is 12.8. The highest BCUT2D eigenvalue weighted by molar-refractivity contribution is 9.10. The molecule has 0 radical (unpaired) electrons. The van der Waals surface area contributed by atoms with Crippen molar-refractivity contribution in [3.8, 4) is 11.4 Å². The lowest BCUT2D eigenvalue weighted by Crippen LogP contribution is -2.04. The Morgan fingerprint density at radius 1 is 1.26 bits per heavy atom. The van der Waals surface area contributed by atoms with Crippen LogP contribution in [0, 0.1) is 13.8 Å². The number of benzene rings is 1. The summed E-state index contributed by atoms with van der Waals surface area (Å²) in [6, 6.07) is 6.19. The van der Waals surface area contributed by atoms with Gasteiger partial charge < -0.3 is 10.5 Å². The van der Waals surface area contributed by atoms with Crippen LogP contribution in [-0.4, -0.2) is 17.1 Å². The molecule has 1 aromatic carbocycles. The van der Waals surface area contributed by atoms with Gasteiger partial charge >= 0.3 is 0 Å². The third-order valence-corrected chi connectivity index (χ3v) is 3.72. The number of aromatic nitrogens is 2. The van der Waals surface area contributed by atoms with E-state index in [2.05, 4.69) is 44.1 Å². The van der Waals surface area contributed by atoms with Gasteiger partial charge in [0.2, 0.25) is 0 Å². The van der Waals surface area contributed by atoms with Crippen molar-refractivity contribution in [2.75, 3.05) is 12.8 Å². The number of methoxy groups -OCH3 is 1. The molecule has 2 aromatic rings. The van der Waals surface area contributed by atoms with E-state index in [0.717, 1.165) is 16.8 Å². The second kappa shape index (κ2) is 5.67. The third-order valence-electron chi connectivity index (χ3n) is 2.86. The molecule has 1 heterocycles. The maximum atomic E-state index is 5.92. The van der Waals surface area contributed by atoms with E-state index >= 15 is 0 Å². The largest absolute Gasteiger partial charge is 0.383 e. The summed E-state index contributed by atoms with van der Waals surface area (Å²) in [5.41, 5.74) is 9.96. The highest BCUT2D eigenvalue weighted by atomic mass is 79.9. The van der Waals surface area contributed by atoms with Gasteiger partial charge in [-0.15, -0.1) is 0 Å². The van der Waals surface area contributed by atoms with Crippen LogP contribution in [0.25, 0.3) is 11.4 Å². The van der Waals surface area contributed by atoms with Gasteiger partial charge in [-0.1, -0.05) is 17.7 Å². The van der Waals surface area contributed by atoms with E-state index in [0.29, 0.717) is 22.7 Å². The Kier molecular flexibility index (Phi) is 4.17. The van der Waals surface area contributed by atoms with Crippen molar-refractivity contribution < 1.29 is 4.74 Å². The number of anilines is 1. The number of hydrogen-bond acceptors (Lipinski definition) is 4. The van der Waals surface area contributed by atoms with Crippen molar-refractivity contribution in [1.82, 2.24) is 9.97 Å². The van der Waals surface area contributed by atoms with E-state index in [4.69, 9.17) is 10.5 Å². The number of halogens is 1. The molecule has 0 aliphatic heterocycles. The van der Waals surface area contributed by atoms with Crippen LogP contribution in [-0.2, 0) is 11.3 Å². The molecule has 2 rings (SSSR count). The highest BCUT2D eigenvalue weighted by Gasteiger charge is 2.13. The molecule has 0 spiro atoms. The lowest BCUT2D eigenvalue weighted by Gasteiger charge is -2.10. The van der Waals surface area contributed by atoms with Crippen molar-refractivity contribution >= 4 is 21.7 Å². The minimum atomic E-state index is 0.394. The Hall–Kier alpha value is -1.46. The Labute approximate surface area is 121 Å². The van der Waals surface area contributed by atoms with E-state index in [9.17, 15) is 0 Å². The number of ether oxygens (including phenoxy) is 1. The molecule has 0 fully saturated rings. The number of nitrogens with zero attached hydrogens (tertiary/aromatic N) is 2. The van der Waals surface area contributed by atoms with Crippen LogP contribution in [0.15, 0.2) is 22.7 Å². The van der Waals surface area contributed by atoms with Crippen LogP contribution in [0.3, 0.4) is 0 Å². The standard InChI is InChI=1S/C14H16BrN3O/c1-8-4-5-9(2)10(6-8)14-17-11(7-19-3)12(15)13(16)18-14/h4-6H,7H2,1-3H3,(H2,16,17,18). The Balaban J connectivity index is 2.59. The fourth-order valence-electron chi connectivity index (χ4n) is 1.84. The van der Waals surface area contributed by atoms with Crippen molar-refractivity contribution in [3.05, 3.63) is 39.5 Å². The molecule has 0 atom stereocenters. The maximum Gasteiger partial charge on any atom is 0.162 e. The molecule has 100 valence electrons. The Bertz CT molecular complexity index is 614. The molecular formula is C14H16BrN3O. The lowest BCUT2D eigenvalue weighted by atomic mass is 10.1. The summed E-state index contributed by atoms with van der Waals surface area (Å²) in [6.07, 6.45) is 0. The van der Waals surface area contributed by atoms with Crippen molar-refractivity contribution in [3.63, 3.8) is 0 Å². The molecule has 0 unspecified atom stereocenters. The first-order valence-corrected chi connectivity index (χ1v) is 6.70. The summed E-state index contributed by atoms with van der Waals surface area (Å²) < 4.78 is 5.83. The summed E-state index contributed by atoms with van der Waals surface area (Å²) in [4.78, 5) is 8.88. The smallest absolute Gasteiger partial charge is 0.162 e. The highest BCUT2D eigenvalue weighted by Crippen LogP contribution is 2.27. The lowest BCUT2D eigenvalue weighted by molar-refractivity contribution is 0.181. The van der Waals surface area contributed by atoms with Crippen LogP contribution < -0.4 is 5.73 Å². The fraction of sp³-hybridized carbons (Fsp3) is 0.286. The number of nitrogens with two attached hydrogens (primary N) is 1. The topological polar surface area (TPSA) is 61.0 Å². The van der Waals surface area contributed by atoms with Crippen LogP contribution >= 0.6 is 15.9 Å². The van der Waals surface area contributed by atoms with Crippen LogP contribution in [0.1, 0.15) is 16.8 Å². The summed E-state index contributed by atoms with van der Waals surface area (Å²) in [5.74, 6) is 1.06. The molecule has 19 heavy (non-hydrogen) atoms. The summed E-state index contributed by atoms with van der Waals surface area (Å²) in [6.45, 7) is 4.47. The second-order valence-corrected chi connectivity index (χ2v) is 5.24. The van der Waals surface area contributed by atoms with Crippen LogP contribution in [0.4, 0.5) is 5.82 Å². The second-order valence-electron chi connectivity index (χ2n) is 4.44. The maximum absolute atomic E-state index is 5.92. The third kappa shape index (κ3) is 2.93. The number of aryl methyl sites for hydroxylation is 2. The van der Waals surface area contributed by atoms with E-state index in [1.807, 2.05) is 13.8 Å². The van der Waals surface area contributed by atoms with Gasteiger partial charge in [-0.05, 0) is 41.4 Å². The van der Waals surface area contributed by atoms with E-state index in [1.54, 1.807) is 7.11 Å². The molecule has 0 saturated carbocycles. The van der Waals surface area contributed by atoms with Gasteiger partial charge in [0.25, 0.3) is 0 Å². The number of rotatable bonds is 3. The first kappa shape index (κ1) is 14.0. The average molecular weight is 322 g/mol. The van der Waals surface area contributed by atoms with E-state index < -0.39 is 0 Å². The average Bonchev–Trinajstić information content (AvgIpc) is 2.38. The van der Waals surface area contributed by atoms with E-state index in [1.165, 1.54) is 5.56 Å². The predicted octanol–water partition coefficient (Wildman–Crippen LogP) is 3.25. The van der Waals surface area contributed by atoms with Crippen LogP contribution in [0.2, 0.25) is 0 Å². The van der Waals surface area contributed by atoms with Gasteiger partial charge in [-0.25, -0.2) is 9.97 Å². The molecule has 2 N–H and O–H groups in total. The minimum absolute atomic E-state index is 0.394. The molecule has 5 heteroatoms. The van der Waals surface area contributed by atoms with Crippen molar-refractivity contribution in [2.45, 2.75) is 20.5 Å². The SMILES string of the molecule is COCc1nc(-c2cc(C)ccc2C)nc(N)c1Br. The predicted molar refractivity (Wildman–Crippen MR) is 79.8 cm³/mol. The summed E-state index contributed by atoms with van der Waals surface area (Å²) in [7, 11) is 1.63. The molecule has 0 saturated heterocycles. The monoisotopic (exact) mass is 321 g/mol. The molecule has 0 amide bonds. The number of hydrogen-bond donors (Lipinski definition) is 1. The quantitative estimate of drug-likeness (QED) is 0.942. The van der Waals surface area contributed by atoms with Gasteiger partial charge in [-0.3, -0.25) is 0 Å². The molecule has 0 aliphatic carbocycles. The van der Waals surface area contributed by atoms with Crippen molar-refractivity contribution in [1.29, 1.82) is 0 Å². The molecule has 0 bridgehead atoms. The van der Waals surface area contributed by atoms with Gasteiger partial charge in [0.05, 0.1) is 16.8 Å². The fourth-order valence-corrected chi connectivity index (χ4v) is 2.13.